The predicted octanol–water partition coefficient (Wildman–Crippen LogP) is 4.17. The van der Waals surface area contributed by atoms with E-state index < -0.39 is 22.9 Å². The first kappa shape index (κ1) is 20.4. The lowest BCUT2D eigenvalue weighted by Gasteiger charge is -2.14. The standard InChI is InChI=1S/C20H20ClN3O3S2/c21-13-7-5-12(6-8-13)9-22-19-18-14-3-1-2-4-15(14)28-20(18)24-16(23-19)10-29(27)11-17(25)26/h5-8H,1-4,9-11H2,(H,25,26)(H,22,23,24). The molecule has 6 nitrogen and oxygen atoms in total. The summed E-state index contributed by atoms with van der Waals surface area (Å²) in [6, 6.07) is 7.61. The van der Waals surface area contributed by atoms with Crippen LogP contribution in [0.4, 0.5) is 5.82 Å². The average Bonchev–Trinajstić information content (AvgIpc) is 3.05. The van der Waals surface area contributed by atoms with Crippen LogP contribution >= 0.6 is 22.9 Å². The molecule has 2 aromatic heterocycles. The molecule has 152 valence electrons. The summed E-state index contributed by atoms with van der Waals surface area (Å²) in [5.41, 5.74) is 2.38. The van der Waals surface area contributed by atoms with Gasteiger partial charge < -0.3 is 15.0 Å². The van der Waals surface area contributed by atoms with E-state index in [2.05, 4.69) is 15.3 Å². The van der Waals surface area contributed by atoms with Gasteiger partial charge in [0.25, 0.3) is 0 Å². The molecule has 0 fully saturated rings. The third-order valence-corrected chi connectivity index (χ3v) is 7.40. The number of hydrogen-bond acceptors (Lipinski definition) is 6. The summed E-state index contributed by atoms with van der Waals surface area (Å²) in [4.78, 5) is 22.3. The minimum Gasteiger partial charge on any atom is -0.616 e. The van der Waals surface area contributed by atoms with Crippen LogP contribution in [0.1, 0.15) is 34.7 Å². The number of aryl methyl sites for hydroxylation is 2. The number of nitrogens with one attached hydrogen (secondary N) is 1. The van der Waals surface area contributed by atoms with Crippen LogP contribution in [0.3, 0.4) is 0 Å². The van der Waals surface area contributed by atoms with E-state index in [4.69, 9.17) is 16.7 Å². The maximum Gasteiger partial charge on any atom is 0.353 e. The van der Waals surface area contributed by atoms with Gasteiger partial charge in [-0.05, 0) is 60.1 Å². The van der Waals surface area contributed by atoms with E-state index in [1.54, 1.807) is 11.3 Å². The smallest absolute Gasteiger partial charge is 0.353 e. The summed E-state index contributed by atoms with van der Waals surface area (Å²) in [6.07, 6.45) is 4.39. The van der Waals surface area contributed by atoms with Gasteiger partial charge in [-0.3, -0.25) is 0 Å². The van der Waals surface area contributed by atoms with Crippen LogP contribution in [0.5, 0.6) is 0 Å². The molecule has 0 radical (unpaired) electrons. The Morgan fingerprint density at radius 2 is 2.00 bits per heavy atom. The zero-order valence-electron chi connectivity index (χ0n) is 15.6. The SMILES string of the molecule is O=C(O)C[S+]([O-])Cc1nc(NCc2ccc(Cl)cc2)c2c3c(sc2n1)CCCC3. The molecule has 1 unspecified atom stereocenters. The number of carboxylic acids is 1. The van der Waals surface area contributed by atoms with Crippen LogP contribution < -0.4 is 5.32 Å². The predicted molar refractivity (Wildman–Crippen MR) is 117 cm³/mol. The molecular weight excluding hydrogens is 430 g/mol. The minimum atomic E-state index is -1.55. The molecule has 0 saturated carbocycles. The topological polar surface area (TPSA) is 98.2 Å². The van der Waals surface area contributed by atoms with E-state index >= 15 is 0 Å². The first-order valence-corrected chi connectivity index (χ1v) is 12.0. The van der Waals surface area contributed by atoms with Crippen LogP contribution in [0.2, 0.25) is 5.02 Å². The molecule has 0 spiro atoms. The number of benzene rings is 1. The van der Waals surface area contributed by atoms with Gasteiger partial charge in [0.05, 0.1) is 5.39 Å². The Morgan fingerprint density at radius 1 is 1.24 bits per heavy atom. The van der Waals surface area contributed by atoms with Crippen molar-refractivity contribution in [1.29, 1.82) is 0 Å². The largest absolute Gasteiger partial charge is 0.616 e. The number of rotatable bonds is 7. The van der Waals surface area contributed by atoms with Crippen LogP contribution in [-0.4, -0.2) is 31.3 Å². The minimum absolute atomic E-state index is 0.0282. The first-order chi connectivity index (χ1) is 14.0. The van der Waals surface area contributed by atoms with Gasteiger partial charge in [-0.15, -0.1) is 11.3 Å². The Balaban J connectivity index is 1.67. The molecule has 1 aliphatic carbocycles. The van der Waals surface area contributed by atoms with Crippen molar-refractivity contribution >= 4 is 56.1 Å². The molecule has 1 aliphatic rings. The molecule has 2 N–H and O–H groups in total. The second-order valence-corrected chi connectivity index (χ2v) is 9.96. The van der Waals surface area contributed by atoms with Gasteiger partial charge >= 0.3 is 5.97 Å². The zero-order valence-corrected chi connectivity index (χ0v) is 18.0. The number of carboxylic acid groups (broad SMARTS) is 1. The fourth-order valence-electron chi connectivity index (χ4n) is 3.51. The van der Waals surface area contributed by atoms with Crippen molar-refractivity contribution < 1.29 is 14.5 Å². The molecule has 29 heavy (non-hydrogen) atoms. The van der Waals surface area contributed by atoms with Crippen molar-refractivity contribution in [2.24, 2.45) is 0 Å². The number of anilines is 1. The number of halogens is 1. The molecule has 0 amide bonds. The van der Waals surface area contributed by atoms with Gasteiger partial charge in [-0.2, -0.15) is 0 Å². The maximum atomic E-state index is 12.1. The fourth-order valence-corrected chi connectivity index (χ4v) is 5.72. The highest BCUT2D eigenvalue weighted by atomic mass is 35.5. The number of nitrogens with zero attached hydrogens (tertiary/aromatic N) is 2. The molecule has 1 aromatic carbocycles. The molecule has 3 aromatic rings. The van der Waals surface area contributed by atoms with E-state index in [0.29, 0.717) is 17.4 Å². The van der Waals surface area contributed by atoms with Crippen LogP contribution in [-0.2, 0) is 41.1 Å². The third kappa shape index (κ3) is 4.83. The van der Waals surface area contributed by atoms with E-state index in [9.17, 15) is 9.35 Å². The lowest BCUT2D eigenvalue weighted by Crippen LogP contribution is -2.18. The van der Waals surface area contributed by atoms with E-state index in [-0.39, 0.29) is 5.75 Å². The average molecular weight is 450 g/mol. The van der Waals surface area contributed by atoms with E-state index in [1.165, 1.54) is 16.9 Å². The van der Waals surface area contributed by atoms with Crippen molar-refractivity contribution in [1.82, 2.24) is 9.97 Å². The summed E-state index contributed by atoms with van der Waals surface area (Å²) in [5.74, 6) is -0.325. The highest BCUT2D eigenvalue weighted by Crippen LogP contribution is 2.38. The number of carbonyl (C=O) groups is 1. The molecular formula is C20H20ClN3O3S2. The summed E-state index contributed by atoms with van der Waals surface area (Å²) < 4.78 is 12.1. The molecule has 2 heterocycles. The van der Waals surface area contributed by atoms with Crippen molar-refractivity contribution in [3.8, 4) is 0 Å². The molecule has 0 aliphatic heterocycles. The highest BCUT2D eigenvalue weighted by molar-refractivity contribution is 7.91. The summed E-state index contributed by atoms with van der Waals surface area (Å²) in [6.45, 7) is 0.575. The maximum absolute atomic E-state index is 12.1. The summed E-state index contributed by atoms with van der Waals surface area (Å²) >= 11 is 6.09. The summed E-state index contributed by atoms with van der Waals surface area (Å²) in [5, 5.41) is 14.0. The second-order valence-electron chi connectivity index (χ2n) is 6.98. The summed E-state index contributed by atoms with van der Waals surface area (Å²) in [7, 11) is 0. The number of thiophene rings is 1. The van der Waals surface area contributed by atoms with E-state index in [1.807, 2.05) is 24.3 Å². The lowest BCUT2D eigenvalue weighted by atomic mass is 9.97. The number of hydrogen-bond donors (Lipinski definition) is 2. The Bertz CT molecular complexity index is 1040. The zero-order chi connectivity index (χ0) is 20.4. The van der Waals surface area contributed by atoms with Crippen molar-refractivity contribution in [3.63, 3.8) is 0 Å². The quantitative estimate of drug-likeness (QED) is 0.525. The Kier molecular flexibility index (Phi) is 6.24. The molecule has 9 heteroatoms. The molecule has 0 bridgehead atoms. The number of fused-ring (bicyclic) bond motifs is 3. The lowest BCUT2D eigenvalue weighted by molar-refractivity contribution is -0.134. The van der Waals surface area contributed by atoms with Crippen molar-refractivity contribution in [3.05, 3.63) is 51.1 Å². The normalized spacial score (nSPS) is 14.6. The van der Waals surface area contributed by atoms with Gasteiger partial charge in [-0.25, -0.2) is 14.8 Å². The first-order valence-electron chi connectivity index (χ1n) is 9.36. The Labute approximate surface area is 180 Å². The number of aliphatic carboxylic acids is 1. The molecule has 4 rings (SSSR count). The number of aromatic nitrogens is 2. The van der Waals surface area contributed by atoms with Crippen molar-refractivity contribution in [2.45, 2.75) is 38.0 Å². The Hall–Kier alpha value is -1.87. The van der Waals surface area contributed by atoms with Gasteiger partial charge in [0, 0.05) is 16.4 Å². The van der Waals surface area contributed by atoms with Gasteiger partial charge in [-0.1, -0.05) is 23.7 Å². The molecule has 0 saturated heterocycles. The second kappa shape index (κ2) is 8.87. The van der Waals surface area contributed by atoms with Gasteiger partial charge in [0.2, 0.25) is 5.75 Å². The highest BCUT2D eigenvalue weighted by Gasteiger charge is 2.23. The van der Waals surface area contributed by atoms with Crippen molar-refractivity contribution in [2.75, 3.05) is 11.1 Å². The third-order valence-electron chi connectivity index (χ3n) is 4.81. The fraction of sp³-hybridized carbons (Fsp3) is 0.350. The monoisotopic (exact) mass is 449 g/mol. The van der Waals surface area contributed by atoms with Crippen LogP contribution in [0.25, 0.3) is 10.2 Å². The van der Waals surface area contributed by atoms with Crippen LogP contribution in [0.15, 0.2) is 24.3 Å². The van der Waals surface area contributed by atoms with Crippen LogP contribution in [0, 0.1) is 0 Å². The van der Waals surface area contributed by atoms with Gasteiger partial charge in [0.1, 0.15) is 10.6 Å². The van der Waals surface area contributed by atoms with Gasteiger partial charge in [0.15, 0.2) is 11.6 Å². The van der Waals surface area contributed by atoms with E-state index in [0.717, 1.165) is 40.9 Å². The Morgan fingerprint density at radius 3 is 2.76 bits per heavy atom. The molecule has 1 atom stereocenters.